The minimum atomic E-state index is 0.553. The Hall–Kier alpha value is -0.650. The second-order valence-electron chi connectivity index (χ2n) is 4.74. The molecule has 0 amide bonds. The molecule has 0 spiro atoms. The molecule has 2 rings (SSSR count). The van der Waals surface area contributed by atoms with Crippen molar-refractivity contribution in [2.45, 2.75) is 33.2 Å². The first kappa shape index (κ1) is 15.7. The molecule has 6 heteroatoms. The molecule has 108 valence electrons. The third kappa shape index (κ3) is 3.71. The van der Waals surface area contributed by atoms with Crippen LogP contribution in [0.3, 0.4) is 0 Å². The highest BCUT2D eigenvalue weighted by Gasteiger charge is 2.13. The Kier molecular flexibility index (Phi) is 5.41. The number of thiophene rings is 1. The Morgan fingerprint density at radius 1 is 1.40 bits per heavy atom. The zero-order chi connectivity index (χ0) is 14.7. The fraction of sp³-hybridized carbons (Fsp3) is 0.429. The van der Waals surface area contributed by atoms with Crippen molar-refractivity contribution in [3.05, 3.63) is 37.3 Å². The van der Waals surface area contributed by atoms with Gasteiger partial charge in [-0.3, -0.25) is 0 Å². The number of hydrogen-bond donors (Lipinski definition) is 0. The summed E-state index contributed by atoms with van der Waals surface area (Å²) in [5.74, 6) is 1.73. The molecule has 0 bridgehead atoms. The normalized spacial score (nSPS) is 10.8. The van der Waals surface area contributed by atoms with E-state index in [0.29, 0.717) is 5.15 Å². The summed E-state index contributed by atoms with van der Waals surface area (Å²) in [5.41, 5.74) is 2.19. The van der Waals surface area contributed by atoms with E-state index < -0.39 is 0 Å². The molecular formula is C14H17BrClN3S. The lowest BCUT2D eigenvalue weighted by molar-refractivity contribution is 0.806. The Morgan fingerprint density at radius 3 is 2.75 bits per heavy atom. The van der Waals surface area contributed by atoms with Gasteiger partial charge in [0, 0.05) is 25.6 Å². The average Bonchev–Trinajstić information content (AvgIpc) is 2.79. The number of aryl methyl sites for hydroxylation is 1. The molecule has 0 aliphatic heterocycles. The highest BCUT2D eigenvalue weighted by Crippen LogP contribution is 2.26. The Bertz CT molecular complexity index is 600. The van der Waals surface area contributed by atoms with E-state index in [1.165, 1.54) is 5.56 Å². The van der Waals surface area contributed by atoms with Gasteiger partial charge in [0.15, 0.2) is 0 Å². The summed E-state index contributed by atoms with van der Waals surface area (Å²) in [4.78, 5) is 11.1. The first-order valence-electron chi connectivity index (χ1n) is 6.48. The van der Waals surface area contributed by atoms with E-state index in [9.17, 15) is 0 Å². The quantitative estimate of drug-likeness (QED) is 0.700. The van der Waals surface area contributed by atoms with Crippen LogP contribution in [0.2, 0.25) is 5.15 Å². The van der Waals surface area contributed by atoms with E-state index >= 15 is 0 Å². The SMILES string of the molecule is CCCc1nc(Cl)c(C)c(N(C)Cc2csc(Br)c2)n1. The average molecular weight is 375 g/mol. The van der Waals surface area contributed by atoms with Crippen molar-refractivity contribution in [2.24, 2.45) is 0 Å². The molecular weight excluding hydrogens is 358 g/mol. The minimum absolute atomic E-state index is 0.553. The van der Waals surface area contributed by atoms with Crippen molar-refractivity contribution in [3.8, 4) is 0 Å². The molecule has 0 unspecified atom stereocenters. The maximum Gasteiger partial charge on any atom is 0.137 e. The van der Waals surface area contributed by atoms with Crippen molar-refractivity contribution in [1.82, 2.24) is 9.97 Å². The zero-order valence-electron chi connectivity index (χ0n) is 11.8. The van der Waals surface area contributed by atoms with Gasteiger partial charge in [0.1, 0.15) is 16.8 Å². The van der Waals surface area contributed by atoms with Crippen LogP contribution < -0.4 is 4.90 Å². The third-order valence-electron chi connectivity index (χ3n) is 2.98. The second-order valence-corrected chi connectivity index (χ2v) is 7.39. The molecule has 2 aromatic rings. The molecule has 20 heavy (non-hydrogen) atoms. The summed E-state index contributed by atoms with van der Waals surface area (Å²) in [5, 5.41) is 2.70. The largest absolute Gasteiger partial charge is 0.355 e. The smallest absolute Gasteiger partial charge is 0.137 e. The van der Waals surface area contributed by atoms with E-state index in [4.69, 9.17) is 11.6 Å². The van der Waals surface area contributed by atoms with Crippen LogP contribution in [-0.2, 0) is 13.0 Å². The number of anilines is 1. The van der Waals surface area contributed by atoms with Crippen LogP contribution in [0.15, 0.2) is 15.2 Å². The van der Waals surface area contributed by atoms with Crippen molar-refractivity contribution in [2.75, 3.05) is 11.9 Å². The van der Waals surface area contributed by atoms with Gasteiger partial charge in [-0.2, -0.15) is 0 Å². The molecule has 0 radical (unpaired) electrons. The van der Waals surface area contributed by atoms with Crippen LogP contribution in [-0.4, -0.2) is 17.0 Å². The molecule has 2 heterocycles. The maximum atomic E-state index is 6.22. The summed E-state index contributed by atoms with van der Waals surface area (Å²) in [6.45, 7) is 4.89. The molecule has 0 saturated heterocycles. The number of halogens is 2. The van der Waals surface area contributed by atoms with Gasteiger partial charge >= 0.3 is 0 Å². The Morgan fingerprint density at radius 2 is 2.15 bits per heavy atom. The van der Waals surface area contributed by atoms with Gasteiger partial charge in [0.2, 0.25) is 0 Å². The van der Waals surface area contributed by atoms with E-state index in [1.807, 2.05) is 14.0 Å². The van der Waals surface area contributed by atoms with E-state index in [1.54, 1.807) is 11.3 Å². The molecule has 0 atom stereocenters. The van der Waals surface area contributed by atoms with Crippen LogP contribution in [0.25, 0.3) is 0 Å². The minimum Gasteiger partial charge on any atom is -0.355 e. The number of nitrogens with zero attached hydrogens (tertiary/aromatic N) is 3. The van der Waals surface area contributed by atoms with E-state index in [2.05, 4.69) is 49.2 Å². The van der Waals surface area contributed by atoms with Crippen LogP contribution in [0.1, 0.15) is 30.3 Å². The molecule has 0 aliphatic carbocycles. The highest BCUT2D eigenvalue weighted by atomic mass is 79.9. The van der Waals surface area contributed by atoms with Crippen LogP contribution in [0, 0.1) is 6.92 Å². The second kappa shape index (κ2) is 6.87. The van der Waals surface area contributed by atoms with Crippen molar-refractivity contribution in [3.63, 3.8) is 0 Å². The van der Waals surface area contributed by atoms with Crippen molar-refractivity contribution >= 4 is 44.7 Å². The maximum absolute atomic E-state index is 6.22. The first-order valence-corrected chi connectivity index (χ1v) is 8.53. The van der Waals surface area contributed by atoms with Crippen molar-refractivity contribution in [1.29, 1.82) is 0 Å². The Labute approximate surface area is 137 Å². The molecule has 0 aromatic carbocycles. The highest BCUT2D eigenvalue weighted by molar-refractivity contribution is 9.11. The molecule has 2 aromatic heterocycles. The molecule has 0 fully saturated rings. The zero-order valence-corrected chi connectivity index (χ0v) is 14.9. The summed E-state index contributed by atoms with van der Waals surface area (Å²) in [7, 11) is 2.03. The fourth-order valence-electron chi connectivity index (χ4n) is 2.01. The third-order valence-corrected chi connectivity index (χ3v) is 4.90. The standard InChI is InChI=1S/C14H17BrClN3S/c1-4-5-12-17-13(16)9(2)14(18-12)19(3)7-10-6-11(15)20-8-10/h6,8H,4-5,7H2,1-3H3. The van der Waals surface area contributed by atoms with Gasteiger partial charge in [-0.05, 0) is 46.3 Å². The fourth-order valence-corrected chi connectivity index (χ4v) is 3.39. The lowest BCUT2D eigenvalue weighted by Crippen LogP contribution is -2.20. The van der Waals surface area contributed by atoms with Crippen LogP contribution in [0.4, 0.5) is 5.82 Å². The summed E-state index contributed by atoms with van der Waals surface area (Å²) < 4.78 is 1.14. The monoisotopic (exact) mass is 373 g/mol. The molecule has 3 nitrogen and oxygen atoms in total. The molecule has 0 saturated carbocycles. The number of hydrogen-bond acceptors (Lipinski definition) is 4. The van der Waals surface area contributed by atoms with Gasteiger partial charge < -0.3 is 4.90 Å². The van der Waals surface area contributed by atoms with E-state index in [-0.39, 0.29) is 0 Å². The number of aromatic nitrogens is 2. The molecule has 0 aliphatic rings. The number of rotatable bonds is 5. The van der Waals surface area contributed by atoms with Gasteiger partial charge in [0.25, 0.3) is 0 Å². The van der Waals surface area contributed by atoms with E-state index in [0.717, 1.165) is 40.4 Å². The summed E-state index contributed by atoms with van der Waals surface area (Å²) in [6.07, 6.45) is 1.87. The van der Waals surface area contributed by atoms with Gasteiger partial charge in [0.05, 0.1) is 3.79 Å². The summed E-state index contributed by atoms with van der Waals surface area (Å²) >= 11 is 11.4. The van der Waals surface area contributed by atoms with Gasteiger partial charge in [-0.15, -0.1) is 11.3 Å². The lowest BCUT2D eigenvalue weighted by Gasteiger charge is -2.20. The topological polar surface area (TPSA) is 29.0 Å². The molecule has 0 N–H and O–H groups in total. The van der Waals surface area contributed by atoms with Gasteiger partial charge in [-0.1, -0.05) is 18.5 Å². The van der Waals surface area contributed by atoms with Crippen molar-refractivity contribution < 1.29 is 0 Å². The predicted octanol–water partition coefficient (Wildman–Crippen LogP) is 4.85. The first-order chi connectivity index (χ1) is 9.51. The Balaban J connectivity index is 2.25. The predicted molar refractivity (Wildman–Crippen MR) is 89.9 cm³/mol. The summed E-state index contributed by atoms with van der Waals surface area (Å²) in [6, 6.07) is 2.13. The lowest BCUT2D eigenvalue weighted by atomic mass is 10.2. The van der Waals surface area contributed by atoms with Crippen LogP contribution in [0.5, 0.6) is 0 Å². The van der Waals surface area contributed by atoms with Gasteiger partial charge in [-0.25, -0.2) is 9.97 Å². The van der Waals surface area contributed by atoms with Crippen LogP contribution >= 0.6 is 38.9 Å².